The second-order valence-corrected chi connectivity index (χ2v) is 1.53. The van der Waals surface area contributed by atoms with Gasteiger partial charge in [-0.1, -0.05) is 14.9 Å². The molecule has 0 radical (unpaired) electrons. The monoisotopic (exact) mass is 133 g/mol. The fraction of sp³-hybridized carbons (Fsp3) is 0.857. The molecule has 0 rings (SSSR count). The van der Waals surface area contributed by atoms with Crippen LogP contribution in [0.15, 0.2) is 0 Å². The van der Waals surface area contributed by atoms with Gasteiger partial charge in [-0.25, -0.2) is 0 Å². The normalized spacial score (nSPS) is 6.56. The molecule has 0 N–H and O–H groups in total. The number of amides is 1. The number of carbonyl (C=O) groups is 1. The summed E-state index contributed by atoms with van der Waals surface area (Å²) in [7, 11) is 1.78. The van der Waals surface area contributed by atoms with Crippen LogP contribution in [0.2, 0.25) is 0 Å². The van der Waals surface area contributed by atoms with Crippen LogP contribution in [-0.4, -0.2) is 24.4 Å². The molecule has 0 aromatic carbocycles. The van der Waals surface area contributed by atoms with Gasteiger partial charge in [0.15, 0.2) is 0 Å². The van der Waals surface area contributed by atoms with Crippen LogP contribution in [0.5, 0.6) is 0 Å². The van der Waals surface area contributed by atoms with E-state index >= 15 is 0 Å². The second kappa shape index (κ2) is 7.47. The summed E-state index contributed by atoms with van der Waals surface area (Å²) in [5.74, 6) is 0.127. The first-order valence-corrected chi connectivity index (χ1v) is 2.40. The van der Waals surface area contributed by atoms with E-state index in [0.29, 0.717) is 0 Å². The van der Waals surface area contributed by atoms with Crippen molar-refractivity contribution >= 4 is 5.91 Å². The van der Waals surface area contributed by atoms with Crippen LogP contribution in [-0.2, 0) is 4.79 Å². The highest BCUT2D eigenvalue weighted by molar-refractivity contribution is 5.72. The molecule has 9 heavy (non-hydrogen) atoms. The molecule has 0 aliphatic heterocycles. The number of hydrogen-bond donors (Lipinski definition) is 0. The lowest BCUT2D eigenvalue weighted by atomic mass is 10.6. The van der Waals surface area contributed by atoms with E-state index in [4.69, 9.17) is 0 Å². The molecule has 0 fully saturated rings. The average molecular weight is 133 g/mol. The zero-order valence-corrected chi connectivity index (χ0v) is 5.06. The van der Waals surface area contributed by atoms with Crippen molar-refractivity contribution in [1.82, 2.24) is 4.90 Å². The third-order valence-electron chi connectivity index (χ3n) is 1.01. The molecule has 0 unspecified atom stereocenters. The largest absolute Gasteiger partial charge is 0.346 e. The third-order valence-corrected chi connectivity index (χ3v) is 1.01. The molecule has 0 bridgehead atoms. The fourth-order valence-electron chi connectivity index (χ4n) is 0.223. The van der Waals surface area contributed by atoms with Crippen LogP contribution in [0.3, 0.4) is 0 Å². The molecule has 0 saturated carbocycles. The Bertz CT molecular complexity index is 71.3. The van der Waals surface area contributed by atoms with Gasteiger partial charge < -0.3 is 4.90 Å². The van der Waals surface area contributed by atoms with Gasteiger partial charge in [0.05, 0.1) is 0 Å². The molecule has 0 saturated heterocycles. The van der Waals surface area contributed by atoms with Crippen molar-refractivity contribution in [3.05, 3.63) is 0 Å². The minimum atomic E-state index is 0. The van der Waals surface area contributed by atoms with Gasteiger partial charge in [0.2, 0.25) is 5.91 Å². The number of nitrogens with zero attached hydrogens (tertiary/aromatic N) is 1. The third kappa shape index (κ3) is 7.47. The Kier molecular flexibility index (Phi) is 13.1. The van der Waals surface area contributed by atoms with E-state index in [1.165, 1.54) is 0 Å². The van der Waals surface area contributed by atoms with Crippen LogP contribution < -0.4 is 0 Å². The predicted octanol–water partition coefficient (Wildman–Crippen LogP) is 1.76. The van der Waals surface area contributed by atoms with Crippen molar-refractivity contribution in [3.8, 4) is 0 Å². The molecule has 0 aromatic heterocycles. The molecule has 0 atom stereocenters. The Morgan fingerprint density at radius 2 is 1.78 bits per heavy atom. The molecule has 2 nitrogen and oxygen atoms in total. The highest BCUT2D eigenvalue weighted by atomic mass is 16.2. The van der Waals surface area contributed by atoms with Crippen molar-refractivity contribution in [2.45, 2.75) is 28.7 Å². The topological polar surface area (TPSA) is 20.3 Å². The van der Waals surface area contributed by atoms with E-state index < -0.39 is 0 Å². The SMILES string of the molecule is C.C.CCN(C)C(C)=O. The predicted molar refractivity (Wildman–Crippen MR) is 42.4 cm³/mol. The minimum Gasteiger partial charge on any atom is -0.346 e. The van der Waals surface area contributed by atoms with Crippen LogP contribution in [0, 0.1) is 0 Å². The molecule has 2 heteroatoms. The molecule has 0 aliphatic carbocycles. The molecular formula is C7H19NO. The van der Waals surface area contributed by atoms with Gasteiger partial charge in [0.25, 0.3) is 0 Å². The zero-order chi connectivity index (χ0) is 5.86. The standard InChI is InChI=1S/C5H11NO.2CH4/c1-4-6(3)5(2)7;;/h4H2,1-3H3;2*1H4. The summed E-state index contributed by atoms with van der Waals surface area (Å²) in [6.45, 7) is 4.31. The van der Waals surface area contributed by atoms with Crippen LogP contribution in [0.4, 0.5) is 0 Å². The van der Waals surface area contributed by atoms with Crippen molar-refractivity contribution < 1.29 is 4.79 Å². The van der Waals surface area contributed by atoms with Crippen molar-refractivity contribution in [3.63, 3.8) is 0 Å². The first kappa shape index (κ1) is 15.8. The molecule has 0 aromatic rings. The Morgan fingerprint density at radius 1 is 1.44 bits per heavy atom. The number of rotatable bonds is 1. The van der Waals surface area contributed by atoms with Crippen molar-refractivity contribution in [2.75, 3.05) is 13.6 Å². The van der Waals surface area contributed by atoms with Gasteiger partial charge in [-0.2, -0.15) is 0 Å². The van der Waals surface area contributed by atoms with Crippen LogP contribution in [0.1, 0.15) is 28.7 Å². The zero-order valence-electron chi connectivity index (χ0n) is 5.06. The van der Waals surface area contributed by atoms with Gasteiger partial charge in [0.1, 0.15) is 0 Å². The van der Waals surface area contributed by atoms with Gasteiger partial charge in [-0.3, -0.25) is 4.79 Å². The number of carbonyl (C=O) groups excluding carboxylic acids is 1. The average Bonchev–Trinajstić information content (AvgIpc) is 1.65. The molecule has 0 spiro atoms. The van der Waals surface area contributed by atoms with E-state index in [2.05, 4.69) is 0 Å². The summed E-state index contributed by atoms with van der Waals surface area (Å²) in [6, 6.07) is 0. The van der Waals surface area contributed by atoms with Gasteiger partial charge in [0, 0.05) is 20.5 Å². The maximum atomic E-state index is 10.3. The first-order valence-electron chi connectivity index (χ1n) is 2.40. The summed E-state index contributed by atoms with van der Waals surface area (Å²) in [4.78, 5) is 12.0. The summed E-state index contributed by atoms with van der Waals surface area (Å²) in [6.07, 6.45) is 0. The molecule has 0 aliphatic rings. The molecule has 1 amide bonds. The van der Waals surface area contributed by atoms with E-state index in [0.717, 1.165) is 6.54 Å². The highest BCUT2D eigenvalue weighted by Gasteiger charge is 1.93. The highest BCUT2D eigenvalue weighted by Crippen LogP contribution is 1.78. The van der Waals surface area contributed by atoms with E-state index in [1.807, 2.05) is 6.92 Å². The smallest absolute Gasteiger partial charge is 0.219 e. The van der Waals surface area contributed by atoms with E-state index in [1.54, 1.807) is 18.9 Å². The maximum Gasteiger partial charge on any atom is 0.219 e. The van der Waals surface area contributed by atoms with Gasteiger partial charge in [-0.15, -0.1) is 0 Å². The second-order valence-electron chi connectivity index (χ2n) is 1.53. The molecule has 58 valence electrons. The van der Waals surface area contributed by atoms with E-state index in [9.17, 15) is 4.79 Å². The summed E-state index contributed by atoms with van der Waals surface area (Å²) in [5, 5.41) is 0. The lowest BCUT2D eigenvalue weighted by Crippen LogP contribution is -2.22. The lowest BCUT2D eigenvalue weighted by Gasteiger charge is -2.09. The Morgan fingerprint density at radius 3 is 1.78 bits per heavy atom. The number of hydrogen-bond acceptors (Lipinski definition) is 1. The van der Waals surface area contributed by atoms with Gasteiger partial charge >= 0.3 is 0 Å². The first-order chi connectivity index (χ1) is 3.18. The molecule has 0 heterocycles. The Hall–Kier alpha value is -0.530. The fourth-order valence-corrected chi connectivity index (χ4v) is 0.223. The summed E-state index contributed by atoms with van der Waals surface area (Å²) < 4.78 is 0. The van der Waals surface area contributed by atoms with Crippen LogP contribution >= 0.6 is 0 Å². The summed E-state index contributed by atoms with van der Waals surface area (Å²) >= 11 is 0. The maximum absolute atomic E-state index is 10.3. The quantitative estimate of drug-likeness (QED) is 0.533. The van der Waals surface area contributed by atoms with Crippen molar-refractivity contribution in [1.29, 1.82) is 0 Å². The summed E-state index contributed by atoms with van der Waals surface area (Å²) in [5.41, 5.74) is 0. The van der Waals surface area contributed by atoms with Gasteiger partial charge in [-0.05, 0) is 6.92 Å². The Balaban J connectivity index is -0.000000180. The lowest BCUT2D eigenvalue weighted by molar-refractivity contribution is -0.127. The van der Waals surface area contributed by atoms with Crippen LogP contribution in [0.25, 0.3) is 0 Å². The minimum absolute atomic E-state index is 0. The Labute approximate surface area is 58.9 Å². The van der Waals surface area contributed by atoms with E-state index in [-0.39, 0.29) is 20.8 Å². The molecular weight excluding hydrogens is 114 g/mol. The van der Waals surface area contributed by atoms with Crippen molar-refractivity contribution in [2.24, 2.45) is 0 Å².